The average molecular weight is 533 g/mol. The van der Waals surface area contributed by atoms with Gasteiger partial charge in [-0.05, 0) is 94.4 Å². The highest BCUT2D eigenvalue weighted by atomic mass is 127. The molecule has 1 heterocycles. The molecule has 1 aromatic heterocycles. The van der Waals surface area contributed by atoms with Crippen LogP contribution in [0.4, 0.5) is 15.9 Å². The Morgan fingerprint density at radius 1 is 1.00 bits per heavy atom. The molecular weight excluding hydrogens is 518 g/mol. The lowest BCUT2D eigenvalue weighted by Crippen LogP contribution is -2.11. The van der Waals surface area contributed by atoms with Crippen LogP contribution < -0.4 is 10.6 Å². The van der Waals surface area contributed by atoms with Crippen LogP contribution in [0.25, 0.3) is 10.9 Å². The quantitative estimate of drug-likeness (QED) is 0.248. The predicted molar refractivity (Wildman–Crippen MR) is 125 cm³/mol. The molecule has 0 saturated carbocycles. The standard InChI is InChI=1S/C22H15ClFIN4O/c23-22-28-19-10-7-16(25)11-18(19)20(29-22)26-12-13-1-8-17(9-2-13)27-21(30)14-3-5-15(24)6-4-14/h1-11H,12H2,(H,27,30)(H,26,28,29). The lowest BCUT2D eigenvalue weighted by Gasteiger charge is -2.10. The van der Waals surface area contributed by atoms with Crippen molar-refractivity contribution < 1.29 is 9.18 Å². The van der Waals surface area contributed by atoms with Gasteiger partial charge in [-0.3, -0.25) is 4.79 Å². The molecule has 3 aromatic carbocycles. The number of rotatable bonds is 5. The maximum atomic E-state index is 13.0. The molecule has 0 bridgehead atoms. The molecule has 0 aliphatic rings. The molecule has 0 fully saturated rings. The second-order valence-corrected chi connectivity index (χ2v) is 8.10. The molecule has 0 aliphatic heterocycles. The van der Waals surface area contributed by atoms with Crippen LogP contribution in [-0.2, 0) is 6.54 Å². The lowest BCUT2D eigenvalue weighted by molar-refractivity contribution is 0.102. The van der Waals surface area contributed by atoms with Crippen LogP contribution in [0, 0.1) is 9.39 Å². The van der Waals surface area contributed by atoms with E-state index in [1.165, 1.54) is 24.3 Å². The van der Waals surface area contributed by atoms with Crippen molar-refractivity contribution in [1.29, 1.82) is 0 Å². The molecule has 0 radical (unpaired) electrons. The second-order valence-electron chi connectivity index (χ2n) is 6.51. The summed E-state index contributed by atoms with van der Waals surface area (Å²) in [7, 11) is 0. The number of nitrogens with one attached hydrogen (secondary N) is 2. The Bertz CT molecular complexity index is 1220. The molecule has 0 atom stereocenters. The fraction of sp³-hybridized carbons (Fsp3) is 0.0455. The number of amides is 1. The van der Waals surface area contributed by atoms with Crippen LogP contribution in [-0.4, -0.2) is 15.9 Å². The smallest absolute Gasteiger partial charge is 0.255 e. The molecule has 2 N–H and O–H groups in total. The Balaban J connectivity index is 1.44. The summed E-state index contributed by atoms with van der Waals surface area (Å²) in [5, 5.41) is 7.18. The zero-order chi connectivity index (χ0) is 21.1. The number of nitrogens with zero attached hydrogens (tertiary/aromatic N) is 2. The van der Waals surface area contributed by atoms with Crippen molar-refractivity contribution in [3.63, 3.8) is 0 Å². The van der Waals surface area contributed by atoms with E-state index in [1.807, 2.05) is 42.5 Å². The third-order valence-electron chi connectivity index (χ3n) is 4.41. The minimum Gasteiger partial charge on any atom is -0.365 e. The first-order chi connectivity index (χ1) is 14.5. The van der Waals surface area contributed by atoms with Crippen molar-refractivity contribution in [3.05, 3.63) is 92.5 Å². The molecule has 1 amide bonds. The van der Waals surface area contributed by atoms with E-state index in [1.54, 1.807) is 0 Å². The third kappa shape index (κ3) is 4.85. The molecule has 0 aliphatic carbocycles. The summed E-state index contributed by atoms with van der Waals surface area (Å²) < 4.78 is 14.1. The van der Waals surface area contributed by atoms with Crippen molar-refractivity contribution in [2.45, 2.75) is 6.54 Å². The largest absolute Gasteiger partial charge is 0.365 e. The van der Waals surface area contributed by atoms with Crippen LogP contribution in [0.5, 0.6) is 0 Å². The van der Waals surface area contributed by atoms with E-state index in [-0.39, 0.29) is 17.0 Å². The van der Waals surface area contributed by atoms with Crippen molar-refractivity contribution >= 4 is 62.5 Å². The monoisotopic (exact) mass is 532 g/mol. The van der Waals surface area contributed by atoms with Gasteiger partial charge in [-0.15, -0.1) is 0 Å². The Kier molecular flexibility index (Phi) is 6.10. The molecule has 4 rings (SSSR count). The fourth-order valence-corrected chi connectivity index (χ4v) is 3.57. The van der Waals surface area contributed by atoms with Gasteiger partial charge in [0.05, 0.1) is 5.52 Å². The number of benzene rings is 3. The van der Waals surface area contributed by atoms with Gasteiger partial charge < -0.3 is 10.6 Å². The highest BCUT2D eigenvalue weighted by Gasteiger charge is 2.09. The highest BCUT2D eigenvalue weighted by Crippen LogP contribution is 2.24. The second kappa shape index (κ2) is 8.93. The van der Waals surface area contributed by atoms with Gasteiger partial charge in [-0.1, -0.05) is 12.1 Å². The maximum absolute atomic E-state index is 13.0. The van der Waals surface area contributed by atoms with Gasteiger partial charge in [0, 0.05) is 26.8 Å². The Morgan fingerprint density at radius 2 is 1.73 bits per heavy atom. The van der Waals surface area contributed by atoms with Crippen molar-refractivity contribution in [2.24, 2.45) is 0 Å². The molecule has 5 nitrogen and oxygen atoms in total. The number of fused-ring (bicyclic) bond motifs is 1. The first-order valence-electron chi connectivity index (χ1n) is 9.00. The van der Waals surface area contributed by atoms with Crippen LogP contribution >= 0.6 is 34.2 Å². The number of hydrogen-bond donors (Lipinski definition) is 2. The normalized spacial score (nSPS) is 10.8. The van der Waals surface area contributed by atoms with Gasteiger partial charge in [0.15, 0.2) is 0 Å². The zero-order valence-electron chi connectivity index (χ0n) is 15.5. The molecule has 150 valence electrons. The molecule has 0 saturated heterocycles. The minimum absolute atomic E-state index is 0.185. The van der Waals surface area contributed by atoms with E-state index in [0.717, 1.165) is 20.0 Å². The third-order valence-corrected chi connectivity index (χ3v) is 5.25. The summed E-state index contributed by atoms with van der Waals surface area (Å²) in [6.45, 7) is 0.528. The molecule has 4 aromatic rings. The van der Waals surface area contributed by atoms with Gasteiger partial charge >= 0.3 is 0 Å². The number of anilines is 2. The van der Waals surface area contributed by atoms with E-state index < -0.39 is 0 Å². The molecule has 8 heteroatoms. The number of hydrogen-bond acceptors (Lipinski definition) is 4. The summed E-state index contributed by atoms with van der Waals surface area (Å²) in [4.78, 5) is 20.8. The number of carbonyl (C=O) groups excluding carboxylic acids is 1. The van der Waals surface area contributed by atoms with Crippen LogP contribution in [0.1, 0.15) is 15.9 Å². The summed E-state index contributed by atoms with van der Waals surface area (Å²) in [5.74, 6) is -0.00866. The van der Waals surface area contributed by atoms with E-state index in [4.69, 9.17) is 11.6 Å². The Hall–Kier alpha value is -2.78. The maximum Gasteiger partial charge on any atom is 0.255 e. The molecular formula is C22H15ClFIN4O. The molecule has 0 unspecified atom stereocenters. The van der Waals surface area contributed by atoms with Gasteiger partial charge in [-0.25, -0.2) is 14.4 Å². The van der Waals surface area contributed by atoms with Crippen LogP contribution in [0.3, 0.4) is 0 Å². The van der Waals surface area contributed by atoms with Gasteiger partial charge in [0.25, 0.3) is 5.91 Å². The molecule has 30 heavy (non-hydrogen) atoms. The number of carbonyl (C=O) groups is 1. The van der Waals surface area contributed by atoms with E-state index in [2.05, 4.69) is 43.2 Å². The van der Waals surface area contributed by atoms with Gasteiger partial charge in [0.2, 0.25) is 5.28 Å². The summed E-state index contributed by atoms with van der Waals surface area (Å²) >= 11 is 8.29. The fourth-order valence-electron chi connectivity index (χ4n) is 2.90. The van der Waals surface area contributed by atoms with E-state index in [0.29, 0.717) is 23.6 Å². The topological polar surface area (TPSA) is 66.9 Å². The van der Waals surface area contributed by atoms with E-state index >= 15 is 0 Å². The average Bonchev–Trinajstić information content (AvgIpc) is 2.74. The Labute approximate surface area is 190 Å². The number of halogens is 3. The SMILES string of the molecule is O=C(Nc1ccc(CNc2nc(Cl)nc3ccc(I)cc23)cc1)c1ccc(F)cc1. The van der Waals surface area contributed by atoms with Gasteiger partial charge in [-0.2, -0.15) is 0 Å². The number of aromatic nitrogens is 2. The van der Waals surface area contributed by atoms with Gasteiger partial charge in [0.1, 0.15) is 11.6 Å². The summed E-state index contributed by atoms with van der Waals surface area (Å²) in [6.07, 6.45) is 0. The first-order valence-corrected chi connectivity index (χ1v) is 10.5. The van der Waals surface area contributed by atoms with Crippen molar-refractivity contribution in [2.75, 3.05) is 10.6 Å². The highest BCUT2D eigenvalue weighted by molar-refractivity contribution is 14.1. The minimum atomic E-state index is -0.379. The van der Waals surface area contributed by atoms with Crippen molar-refractivity contribution in [1.82, 2.24) is 9.97 Å². The first kappa shape index (κ1) is 20.5. The zero-order valence-corrected chi connectivity index (χ0v) is 18.4. The Morgan fingerprint density at radius 3 is 2.47 bits per heavy atom. The summed E-state index contributed by atoms with van der Waals surface area (Å²) in [5.41, 5.74) is 2.82. The van der Waals surface area contributed by atoms with E-state index in [9.17, 15) is 9.18 Å². The summed E-state index contributed by atoms with van der Waals surface area (Å²) in [6, 6.07) is 18.7. The predicted octanol–water partition coefficient (Wildman–Crippen LogP) is 5.89. The molecule has 0 spiro atoms. The van der Waals surface area contributed by atoms with Crippen LogP contribution in [0.15, 0.2) is 66.7 Å². The van der Waals surface area contributed by atoms with Crippen molar-refractivity contribution in [3.8, 4) is 0 Å². The van der Waals surface area contributed by atoms with Crippen LogP contribution in [0.2, 0.25) is 5.28 Å². The lowest BCUT2D eigenvalue weighted by atomic mass is 10.1.